The third-order valence-electron chi connectivity index (χ3n) is 2.72. The van der Waals surface area contributed by atoms with Gasteiger partial charge in [0.1, 0.15) is 0 Å². The van der Waals surface area contributed by atoms with Crippen LogP contribution in [0.25, 0.3) is 0 Å². The summed E-state index contributed by atoms with van der Waals surface area (Å²) in [6, 6.07) is 0.169. The first kappa shape index (κ1) is 10.2. The Morgan fingerprint density at radius 1 is 1.60 bits per heavy atom. The normalized spacial score (nSPS) is 20.9. The van der Waals surface area contributed by atoms with Gasteiger partial charge in [-0.15, -0.1) is 0 Å². The molecule has 2 heterocycles. The number of likely N-dealkylation sites (tertiary alicyclic amines) is 1. The topological polar surface area (TPSA) is 64.2 Å². The summed E-state index contributed by atoms with van der Waals surface area (Å²) in [4.78, 5) is 17.5. The Hall–Kier alpha value is -1.36. The number of nitrogens with two attached hydrogens (primary N) is 1. The Morgan fingerprint density at radius 2 is 2.47 bits per heavy atom. The predicted molar refractivity (Wildman–Crippen MR) is 56.0 cm³/mol. The Labute approximate surface area is 88.9 Å². The molecule has 1 aliphatic heterocycles. The summed E-state index contributed by atoms with van der Waals surface area (Å²) in [7, 11) is 0. The molecule has 0 bridgehead atoms. The van der Waals surface area contributed by atoms with E-state index in [1.165, 1.54) is 0 Å². The number of hydrogen-bond acceptors (Lipinski definition) is 3. The van der Waals surface area contributed by atoms with Crippen LogP contribution in [0.4, 0.5) is 0 Å². The van der Waals surface area contributed by atoms with Crippen LogP contribution < -0.4 is 5.73 Å². The number of hydrogen-bond donors (Lipinski definition) is 1. The number of carbonyl (C=O) groups is 1. The van der Waals surface area contributed by atoms with Crippen molar-refractivity contribution < 1.29 is 4.79 Å². The van der Waals surface area contributed by atoms with Gasteiger partial charge in [-0.3, -0.25) is 4.79 Å². The smallest absolute Gasteiger partial charge is 0.224 e. The van der Waals surface area contributed by atoms with E-state index in [-0.39, 0.29) is 11.9 Å². The molecule has 0 radical (unpaired) electrons. The molecule has 1 saturated heterocycles. The minimum atomic E-state index is 0.169. The Bertz CT molecular complexity index is 322. The lowest BCUT2D eigenvalue weighted by molar-refractivity contribution is -0.130. The molecule has 1 unspecified atom stereocenters. The molecule has 1 aromatic heterocycles. The minimum Gasteiger partial charge on any atom is -0.341 e. The zero-order valence-electron chi connectivity index (χ0n) is 8.67. The highest BCUT2D eigenvalue weighted by atomic mass is 16.2. The quantitative estimate of drug-likeness (QED) is 0.750. The molecule has 0 aliphatic carbocycles. The first-order valence-corrected chi connectivity index (χ1v) is 5.25. The molecular formula is C10H16N4O. The van der Waals surface area contributed by atoms with E-state index in [1.54, 1.807) is 12.5 Å². The van der Waals surface area contributed by atoms with Crippen molar-refractivity contribution >= 4 is 5.91 Å². The number of carbonyl (C=O) groups excluding carboxylic acids is 1. The van der Waals surface area contributed by atoms with Gasteiger partial charge in [-0.2, -0.15) is 0 Å². The van der Waals surface area contributed by atoms with Crippen molar-refractivity contribution in [2.24, 2.45) is 5.73 Å². The number of rotatable bonds is 3. The van der Waals surface area contributed by atoms with E-state index in [0.29, 0.717) is 19.5 Å². The second-order valence-corrected chi connectivity index (χ2v) is 3.94. The average molecular weight is 208 g/mol. The second kappa shape index (κ2) is 4.44. The van der Waals surface area contributed by atoms with Crippen molar-refractivity contribution in [1.82, 2.24) is 14.5 Å². The monoisotopic (exact) mass is 208 g/mol. The van der Waals surface area contributed by atoms with Crippen LogP contribution in [0.2, 0.25) is 0 Å². The van der Waals surface area contributed by atoms with Gasteiger partial charge in [0.15, 0.2) is 0 Å². The number of nitrogens with zero attached hydrogens (tertiary/aromatic N) is 3. The Morgan fingerprint density at radius 3 is 3.07 bits per heavy atom. The summed E-state index contributed by atoms with van der Waals surface area (Å²) in [6.45, 7) is 2.22. The van der Waals surface area contributed by atoms with Crippen LogP contribution in [-0.2, 0) is 11.3 Å². The highest BCUT2D eigenvalue weighted by Crippen LogP contribution is 2.08. The molecule has 1 aromatic rings. The summed E-state index contributed by atoms with van der Waals surface area (Å²) in [5, 5.41) is 0. The third-order valence-corrected chi connectivity index (χ3v) is 2.72. The van der Waals surface area contributed by atoms with E-state index >= 15 is 0 Å². The molecule has 5 heteroatoms. The van der Waals surface area contributed by atoms with Gasteiger partial charge in [0.25, 0.3) is 0 Å². The van der Waals surface area contributed by atoms with E-state index in [9.17, 15) is 4.79 Å². The molecule has 1 amide bonds. The zero-order valence-corrected chi connectivity index (χ0v) is 8.67. The van der Waals surface area contributed by atoms with Gasteiger partial charge in [-0.25, -0.2) is 4.98 Å². The van der Waals surface area contributed by atoms with E-state index in [4.69, 9.17) is 5.73 Å². The zero-order chi connectivity index (χ0) is 10.7. The highest BCUT2D eigenvalue weighted by Gasteiger charge is 2.22. The molecule has 1 fully saturated rings. The van der Waals surface area contributed by atoms with Crippen molar-refractivity contribution in [1.29, 1.82) is 0 Å². The molecule has 2 rings (SSSR count). The van der Waals surface area contributed by atoms with E-state index in [1.807, 2.05) is 15.7 Å². The van der Waals surface area contributed by atoms with Crippen molar-refractivity contribution in [3.05, 3.63) is 18.7 Å². The average Bonchev–Trinajstić information content (AvgIpc) is 2.84. The van der Waals surface area contributed by atoms with Crippen LogP contribution in [0.5, 0.6) is 0 Å². The van der Waals surface area contributed by atoms with Gasteiger partial charge in [0.05, 0.1) is 6.33 Å². The van der Waals surface area contributed by atoms with Crippen LogP contribution in [0.1, 0.15) is 12.8 Å². The SMILES string of the molecule is NC1CCN(C(=O)CCn2ccnc2)C1. The van der Waals surface area contributed by atoms with Gasteiger partial charge in [0.2, 0.25) is 5.91 Å². The molecule has 0 aromatic carbocycles. The lowest BCUT2D eigenvalue weighted by Gasteiger charge is -2.15. The molecule has 1 atom stereocenters. The number of amides is 1. The molecule has 0 spiro atoms. The van der Waals surface area contributed by atoms with Crippen LogP contribution in [-0.4, -0.2) is 39.5 Å². The van der Waals surface area contributed by atoms with E-state index < -0.39 is 0 Å². The van der Waals surface area contributed by atoms with E-state index in [0.717, 1.165) is 13.0 Å². The second-order valence-electron chi connectivity index (χ2n) is 3.94. The Kier molecular flexibility index (Phi) is 3.01. The molecule has 1 aliphatic rings. The van der Waals surface area contributed by atoms with Gasteiger partial charge in [0, 0.05) is 44.5 Å². The van der Waals surface area contributed by atoms with Crippen molar-refractivity contribution in [3.8, 4) is 0 Å². The Balaban J connectivity index is 1.78. The van der Waals surface area contributed by atoms with Crippen molar-refractivity contribution in [3.63, 3.8) is 0 Å². The van der Waals surface area contributed by atoms with Gasteiger partial charge in [-0.05, 0) is 6.42 Å². The third kappa shape index (κ3) is 2.56. The lowest BCUT2D eigenvalue weighted by Crippen LogP contribution is -2.32. The van der Waals surface area contributed by atoms with Crippen molar-refractivity contribution in [2.45, 2.75) is 25.4 Å². The number of imidazole rings is 1. The molecule has 5 nitrogen and oxygen atoms in total. The van der Waals surface area contributed by atoms with Crippen LogP contribution >= 0.6 is 0 Å². The predicted octanol–water partition coefficient (Wildman–Crippen LogP) is -0.167. The molecule has 0 saturated carbocycles. The maximum atomic E-state index is 11.7. The summed E-state index contributed by atoms with van der Waals surface area (Å²) < 4.78 is 1.91. The van der Waals surface area contributed by atoms with Crippen LogP contribution in [0.15, 0.2) is 18.7 Å². The first-order chi connectivity index (χ1) is 7.25. The summed E-state index contributed by atoms with van der Waals surface area (Å²) in [6.07, 6.45) is 6.77. The fourth-order valence-corrected chi connectivity index (χ4v) is 1.82. The largest absolute Gasteiger partial charge is 0.341 e. The van der Waals surface area contributed by atoms with Gasteiger partial charge < -0.3 is 15.2 Å². The van der Waals surface area contributed by atoms with Gasteiger partial charge >= 0.3 is 0 Å². The standard InChI is InChI=1S/C10H16N4O/c11-9-1-5-14(7-9)10(15)2-4-13-6-3-12-8-13/h3,6,8-9H,1-2,4-5,7,11H2. The maximum absolute atomic E-state index is 11.7. The van der Waals surface area contributed by atoms with Crippen molar-refractivity contribution in [2.75, 3.05) is 13.1 Å². The summed E-state index contributed by atoms with van der Waals surface area (Å²) >= 11 is 0. The molecule has 82 valence electrons. The lowest BCUT2D eigenvalue weighted by atomic mass is 10.3. The summed E-state index contributed by atoms with van der Waals surface area (Å²) in [5.41, 5.74) is 5.74. The van der Waals surface area contributed by atoms with E-state index in [2.05, 4.69) is 4.98 Å². The molecule has 15 heavy (non-hydrogen) atoms. The fourth-order valence-electron chi connectivity index (χ4n) is 1.82. The summed E-state index contributed by atoms with van der Waals surface area (Å²) in [5.74, 6) is 0.191. The first-order valence-electron chi connectivity index (χ1n) is 5.25. The highest BCUT2D eigenvalue weighted by molar-refractivity contribution is 5.76. The number of aryl methyl sites for hydroxylation is 1. The van der Waals surface area contributed by atoms with Crippen LogP contribution in [0, 0.1) is 0 Å². The van der Waals surface area contributed by atoms with Crippen LogP contribution in [0.3, 0.4) is 0 Å². The van der Waals surface area contributed by atoms with Gasteiger partial charge in [-0.1, -0.05) is 0 Å². The molecular weight excluding hydrogens is 192 g/mol. The molecule has 2 N–H and O–H groups in total. The fraction of sp³-hybridized carbons (Fsp3) is 0.600. The maximum Gasteiger partial charge on any atom is 0.224 e. The minimum absolute atomic E-state index is 0.169. The number of aromatic nitrogens is 2.